The zero-order valence-corrected chi connectivity index (χ0v) is 19.2. The normalized spacial score (nSPS) is 13.1. The van der Waals surface area contributed by atoms with Crippen LogP contribution in [0, 0.1) is 0 Å². The summed E-state index contributed by atoms with van der Waals surface area (Å²) < 4.78 is 31.4. The Balaban J connectivity index is 1.73. The highest BCUT2D eigenvalue weighted by molar-refractivity contribution is 6.13. The van der Waals surface area contributed by atoms with E-state index >= 15 is 0 Å². The van der Waals surface area contributed by atoms with Crippen LogP contribution in [-0.2, 0) is 47.6 Å². The van der Waals surface area contributed by atoms with Gasteiger partial charge in [0.15, 0.2) is 0 Å². The summed E-state index contributed by atoms with van der Waals surface area (Å²) in [5, 5.41) is 11.0. The summed E-state index contributed by atoms with van der Waals surface area (Å²) in [6.45, 7) is 4.18. The van der Waals surface area contributed by atoms with Crippen LogP contribution >= 0.6 is 0 Å². The second kappa shape index (κ2) is 20.0. The van der Waals surface area contributed by atoms with Crippen LogP contribution in [0.4, 0.5) is 0 Å². The molecule has 34 heavy (non-hydrogen) atoms. The summed E-state index contributed by atoms with van der Waals surface area (Å²) >= 11 is 0. The standard InChI is InChI=1S/C21H34N2O11/c24-18(3-5-23-19(25)1-2-20(23)26)22-4-6-29-7-8-30-9-10-31-11-12-32-13-14-33-15-16-34-17-21(27)28/h1-2H,3-17H2,(H,22,24)(H,27,28). The van der Waals surface area contributed by atoms with E-state index in [2.05, 4.69) is 5.32 Å². The Morgan fingerprint density at radius 2 is 1.12 bits per heavy atom. The summed E-state index contributed by atoms with van der Waals surface area (Å²) in [6.07, 6.45) is 2.42. The molecule has 0 aromatic rings. The van der Waals surface area contributed by atoms with Gasteiger partial charge in [-0.2, -0.15) is 0 Å². The summed E-state index contributed by atoms with van der Waals surface area (Å²) in [4.78, 5) is 45.7. The molecule has 0 atom stereocenters. The highest BCUT2D eigenvalue weighted by Gasteiger charge is 2.23. The number of nitrogens with zero attached hydrogens (tertiary/aromatic N) is 1. The first kappa shape index (κ1) is 29.6. The molecule has 1 aliphatic heterocycles. The average Bonchev–Trinajstić information content (AvgIpc) is 3.13. The highest BCUT2D eigenvalue weighted by atomic mass is 16.6. The van der Waals surface area contributed by atoms with E-state index in [0.717, 1.165) is 4.90 Å². The molecular weight excluding hydrogens is 456 g/mol. The van der Waals surface area contributed by atoms with Gasteiger partial charge >= 0.3 is 5.97 Å². The van der Waals surface area contributed by atoms with Gasteiger partial charge in [-0.15, -0.1) is 0 Å². The third-order valence-corrected chi connectivity index (χ3v) is 4.12. The van der Waals surface area contributed by atoms with Crippen LogP contribution in [-0.4, -0.2) is 126 Å². The molecule has 0 unspecified atom stereocenters. The first-order valence-corrected chi connectivity index (χ1v) is 11.0. The van der Waals surface area contributed by atoms with E-state index in [-0.39, 0.29) is 32.1 Å². The van der Waals surface area contributed by atoms with Crippen molar-refractivity contribution < 1.29 is 52.7 Å². The van der Waals surface area contributed by atoms with Gasteiger partial charge in [0.2, 0.25) is 5.91 Å². The van der Waals surface area contributed by atoms with Crippen LogP contribution in [0.15, 0.2) is 12.2 Å². The van der Waals surface area contributed by atoms with Crippen molar-refractivity contribution in [2.75, 3.05) is 92.4 Å². The Bertz CT molecular complexity index is 624. The third kappa shape index (κ3) is 16.2. The van der Waals surface area contributed by atoms with Crippen LogP contribution in [0.25, 0.3) is 0 Å². The van der Waals surface area contributed by atoms with Crippen molar-refractivity contribution in [3.63, 3.8) is 0 Å². The molecule has 0 radical (unpaired) electrons. The predicted molar refractivity (Wildman–Crippen MR) is 116 cm³/mol. The second-order valence-corrected chi connectivity index (χ2v) is 6.77. The van der Waals surface area contributed by atoms with Crippen LogP contribution in [0.5, 0.6) is 0 Å². The Morgan fingerprint density at radius 1 is 0.706 bits per heavy atom. The van der Waals surface area contributed by atoms with E-state index in [0.29, 0.717) is 72.6 Å². The molecule has 1 rings (SSSR count). The van der Waals surface area contributed by atoms with Gasteiger partial charge in [0, 0.05) is 31.7 Å². The summed E-state index contributed by atoms with van der Waals surface area (Å²) in [6, 6.07) is 0. The van der Waals surface area contributed by atoms with Gasteiger partial charge in [0.25, 0.3) is 11.8 Å². The number of carboxylic acids is 1. The quantitative estimate of drug-likeness (QED) is 0.128. The molecule has 0 fully saturated rings. The maximum absolute atomic E-state index is 11.7. The minimum atomic E-state index is -1.01. The molecule has 194 valence electrons. The molecule has 0 aromatic carbocycles. The Labute approximate surface area is 198 Å². The van der Waals surface area contributed by atoms with Crippen molar-refractivity contribution in [1.82, 2.24) is 10.2 Å². The number of nitrogens with one attached hydrogen (secondary N) is 1. The highest BCUT2D eigenvalue weighted by Crippen LogP contribution is 2.03. The smallest absolute Gasteiger partial charge is 0.329 e. The fourth-order valence-corrected chi connectivity index (χ4v) is 2.47. The molecule has 0 aromatic heterocycles. The van der Waals surface area contributed by atoms with Crippen LogP contribution < -0.4 is 5.32 Å². The van der Waals surface area contributed by atoms with Gasteiger partial charge in [-0.3, -0.25) is 19.3 Å². The fourth-order valence-electron chi connectivity index (χ4n) is 2.47. The largest absolute Gasteiger partial charge is 0.480 e. The zero-order valence-electron chi connectivity index (χ0n) is 19.2. The molecule has 0 spiro atoms. The minimum Gasteiger partial charge on any atom is -0.480 e. The lowest BCUT2D eigenvalue weighted by molar-refractivity contribution is -0.143. The van der Waals surface area contributed by atoms with Crippen molar-refractivity contribution in [2.45, 2.75) is 6.42 Å². The lowest BCUT2D eigenvalue weighted by atomic mass is 10.3. The van der Waals surface area contributed by atoms with E-state index < -0.39 is 17.8 Å². The van der Waals surface area contributed by atoms with Gasteiger partial charge in [-0.25, -0.2) is 4.79 Å². The monoisotopic (exact) mass is 490 g/mol. The van der Waals surface area contributed by atoms with Gasteiger partial charge in [0.05, 0.1) is 72.7 Å². The van der Waals surface area contributed by atoms with Crippen molar-refractivity contribution in [3.05, 3.63) is 12.2 Å². The molecule has 2 N–H and O–H groups in total. The molecule has 3 amide bonds. The maximum atomic E-state index is 11.7. The molecular formula is C21H34N2O11. The fraction of sp³-hybridized carbons (Fsp3) is 0.714. The summed E-state index contributed by atoms with van der Waals surface area (Å²) in [7, 11) is 0. The molecule has 0 saturated heterocycles. The van der Waals surface area contributed by atoms with E-state index in [4.69, 9.17) is 33.5 Å². The van der Waals surface area contributed by atoms with Gasteiger partial charge in [-0.05, 0) is 0 Å². The van der Waals surface area contributed by atoms with Crippen molar-refractivity contribution in [3.8, 4) is 0 Å². The van der Waals surface area contributed by atoms with Crippen molar-refractivity contribution >= 4 is 23.7 Å². The van der Waals surface area contributed by atoms with Gasteiger partial charge in [-0.1, -0.05) is 0 Å². The van der Waals surface area contributed by atoms with E-state index in [9.17, 15) is 19.2 Å². The van der Waals surface area contributed by atoms with E-state index in [1.54, 1.807) is 0 Å². The Kier molecular flexibility index (Phi) is 17.4. The van der Waals surface area contributed by atoms with Crippen LogP contribution in [0.2, 0.25) is 0 Å². The predicted octanol–water partition coefficient (Wildman–Crippen LogP) is -1.40. The molecule has 13 nitrogen and oxygen atoms in total. The first-order valence-electron chi connectivity index (χ1n) is 11.0. The zero-order chi connectivity index (χ0) is 24.9. The number of carbonyl (C=O) groups is 4. The lowest BCUT2D eigenvalue weighted by Crippen LogP contribution is -2.35. The number of ether oxygens (including phenoxy) is 6. The average molecular weight is 491 g/mol. The third-order valence-electron chi connectivity index (χ3n) is 4.12. The van der Waals surface area contributed by atoms with Gasteiger partial charge < -0.3 is 38.8 Å². The number of hydrogen-bond acceptors (Lipinski definition) is 10. The molecule has 0 aliphatic carbocycles. The second-order valence-electron chi connectivity index (χ2n) is 6.77. The number of carboxylic acid groups (broad SMARTS) is 1. The maximum Gasteiger partial charge on any atom is 0.329 e. The summed E-state index contributed by atoms with van der Waals surface area (Å²) in [5.41, 5.74) is 0. The van der Waals surface area contributed by atoms with Crippen molar-refractivity contribution in [1.29, 1.82) is 0 Å². The molecule has 1 heterocycles. The lowest BCUT2D eigenvalue weighted by Gasteiger charge is -2.13. The molecule has 0 saturated carbocycles. The number of amides is 3. The van der Waals surface area contributed by atoms with E-state index in [1.807, 2.05) is 0 Å². The topological polar surface area (TPSA) is 159 Å². The van der Waals surface area contributed by atoms with Crippen LogP contribution in [0.1, 0.15) is 6.42 Å². The minimum absolute atomic E-state index is 0.0483. The van der Waals surface area contributed by atoms with Crippen LogP contribution in [0.3, 0.4) is 0 Å². The first-order chi connectivity index (χ1) is 16.5. The molecule has 0 bridgehead atoms. The number of carbonyl (C=O) groups excluding carboxylic acids is 3. The number of rotatable bonds is 23. The Hall–Kier alpha value is -2.42. The number of hydrogen-bond donors (Lipinski definition) is 2. The SMILES string of the molecule is O=C(O)COCCOCCOCCOCCOCCOCCNC(=O)CCN1C(=O)C=CC1=O. The van der Waals surface area contributed by atoms with Crippen molar-refractivity contribution in [2.24, 2.45) is 0 Å². The molecule has 13 heteroatoms. The van der Waals surface area contributed by atoms with Gasteiger partial charge in [0.1, 0.15) is 6.61 Å². The Morgan fingerprint density at radius 3 is 1.56 bits per heavy atom. The number of aliphatic carboxylic acids is 1. The summed E-state index contributed by atoms with van der Waals surface area (Å²) in [5.74, 6) is -2.07. The number of imide groups is 1. The van der Waals surface area contributed by atoms with E-state index in [1.165, 1.54) is 12.2 Å². The molecule has 1 aliphatic rings.